The lowest BCUT2D eigenvalue weighted by molar-refractivity contribution is -0.255. The van der Waals surface area contributed by atoms with Gasteiger partial charge in [0.05, 0.1) is 18.8 Å². The van der Waals surface area contributed by atoms with Gasteiger partial charge < -0.3 is 20.0 Å². The summed E-state index contributed by atoms with van der Waals surface area (Å²) in [5, 5.41) is 13.3. The average molecular weight is 372 g/mol. The first-order chi connectivity index (χ1) is 12.4. The molecular weight excluding hydrogens is 360 g/mol. The van der Waals surface area contributed by atoms with Crippen molar-refractivity contribution in [2.24, 2.45) is 0 Å². The van der Waals surface area contributed by atoms with Crippen LogP contribution in [0.4, 0.5) is 11.4 Å². The lowest BCUT2D eigenvalue weighted by atomic mass is 10.2. The summed E-state index contributed by atoms with van der Waals surface area (Å²) in [5.74, 6) is -2.00. The number of anilines is 2. The molecule has 0 bridgehead atoms. The third-order valence-electron chi connectivity index (χ3n) is 3.75. The normalized spacial score (nSPS) is 14.0. The summed E-state index contributed by atoms with van der Waals surface area (Å²) in [6.45, 7) is 0. The summed E-state index contributed by atoms with van der Waals surface area (Å²) < 4.78 is 5.05. The Kier molecular flexibility index (Phi) is 4.64. The fraction of sp³-hybridized carbons (Fsp3) is 0.0556. The molecule has 0 fully saturated rings. The van der Waals surface area contributed by atoms with Gasteiger partial charge in [0, 0.05) is 5.69 Å². The van der Waals surface area contributed by atoms with Crippen LogP contribution < -0.4 is 20.1 Å². The molecule has 0 unspecified atom stereocenters. The molecule has 3 rings (SSSR count). The topological polar surface area (TPSA) is 98.8 Å². The molecule has 2 amide bonds. The van der Waals surface area contributed by atoms with Gasteiger partial charge in [-0.2, -0.15) is 0 Å². The highest BCUT2D eigenvalue weighted by atomic mass is 35.5. The lowest BCUT2D eigenvalue weighted by Gasteiger charge is -2.15. The SMILES string of the molecule is COc1ccc(N2C(=O)C(Cl)=C(Nc3ccc(C(=O)[O-])cc3)C2=O)cc1. The Morgan fingerprint density at radius 1 is 1.04 bits per heavy atom. The Labute approximate surface area is 153 Å². The van der Waals surface area contributed by atoms with Gasteiger partial charge in [-0.25, -0.2) is 4.90 Å². The number of nitrogens with one attached hydrogen (secondary N) is 1. The van der Waals surface area contributed by atoms with Gasteiger partial charge in [0.1, 0.15) is 16.5 Å². The molecule has 2 aromatic rings. The minimum atomic E-state index is -1.31. The first kappa shape index (κ1) is 17.5. The van der Waals surface area contributed by atoms with Crippen molar-refractivity contribution in [3.05, 3.63) is 64.8 Å². The Bertz CT molecular complexity index is 920. The zero-order valence-electron chi connectivity index (χ0n) is 13.5. The molecule has 7 nitrogen and oxygen atoms in total. The van der Waals surface area contributed by atoms with E-state index in [1.165, 1.54) is 31.4 Å². The smallest absolute Gasteiger partial charge is 0.283 e. The molecule has 0 aromatic heterocycles. The molecule has 0 saturated heterocycles. The van der Waals surface area contributed by atoms with Crippen LogP contribution in [0.15, 0.2) is 59.3 Å². The summed E-state index contributed by atoms with van der Waals surface area (Å²) in [6.07, 6.45) is 0. The predicted octanol–water partition coefficient (Wildman–Crippen LogP) is 1.49. The number of hydrogen-bond acceptors (Lipinski definition) is 6. The van der Waals surface area contributed by atoms with Gasteiger partial charge in [-0.05, 0) is 42.0 Å². The van der Waals surface area contributed by atoms with E-state index in [4.69, 9.17) is 16.3 Å². The van der Waals surface area contributed by atoms with Crippen molar-refractivity contribution in [1.29, 1.82) is 0 Å². The van der Waals surface area contributed by atoms with Crippen molar-refractivity contribution in [1.82, 2.24) is 0 Å². The third-order valence-corrected chi connectivity index (χ3v) is 4.10. The number of hydrogen-bond donors (Lipinski definition) is 1. The first-order valence-electron chi connectivity index (χ1n) is 7.43. The van der Waals surface area contributed by atoms with Gasteiger partial charge in [0.15, 0.2) is 0 Å². The second-order valence-electron chi connectivity index (χ2n) is 5.32. The molecule has 0 aliphatic carbocycles. The van der Waals surface area contributed by atoms with Crippen LogP contribution in [0.5, 0.6) is 5.75 Å². The van der Waals surface area contributed by atoms with E-state index in [1.54, 1.807) is 24.3 Å². The number of nitrogens with zero attached hydrogens (tertiary/aromatic N) is 1. The summed E-state index contributed by atoms with van der Waals surface area (Å²) in [7, 11) is 1.51. The highest BCUT2D eigenvalue weighted by Gasteiger charge is 2.38. The van der Waals surface area contributed by atoms with Gasteiger partial charge in [-0.1, -0.05) is 23.7 Å². The van der Waals surface area contributed by atoms with E-state index in [-0.39, 0.29) is 16.3 Å². The van der Waals surface area contributed by atoms with E-state index in [2.05, 4.69) is 5.32 Å². The molecule has 1 aliphatic heterocycles. The summed E-state index contributed by atoms with van der Waals surface area (Å²) in [4.78, 5) is 36.7. The van der Waals surface area contributed by atoms with E-state index in [0.717, 1.165) is 4.90 Å². The van der Waals surface area contributed by atoms with Gasteiger partial charge in [-0.15, -0.1) is 0 Å². The molecular formula is C18H12ClN2O5-. The monoisotopic (exact) mass is 371 g/mol. The van der Waals surface area contributed by atoms with Gasteiger partial charge in [-0.3, -0.25) is 9.59 Å². The van der Waals surface area contributed by atoms with Crippen molar-refractivity contribution in [3.8, 4) is 5.75 Å². The largest absolute Gasteiger partial charge is 0.545 e. The second kappa shape index (κ2) is 6.89. The molecule has 132 valence electrons. The number of ether oxygens (including phenoxy) is 1. The second-order valence-corrected chi connectivity index (χ2v) is 5.70. The number of carboxylic acid groups (broad SMARTS) is 1. The number of methoxy groups -OCH3 is 1. The minimum Gasteiger partial charge on any atom is -0.545 e. The number of amides is 2. The Hall–Kier alpha value is -3.32. The molecule has 1 N–H and O–H groups in total. The van der Waals surface area contributed by atoms with Crippen LogP contribution in [-0.2, 0) is 9.59 Å². The van der Waals surface area contributed by atoms with Crippen LogP contribution >= 0.6 is 11.6 Å². The van der Waals surface area contributed by atoms with E-state index in [9.17, 15) is 19.5 Å². The zero-order valence-corrected chi connectivity index (χ0v) is 14.2. The average Bonchev–Trinajstić information content (AvgIpc) is 2.86. The maximum absolute atomic E-state index is 12.6. The number of aromatic carboxylic acids is 1. The van der Waals surface area contributed by atoms with Gasteiger partial charge >= 0.3 is 0 Å². The van der Waals surface area contributed by atoms with Crippen LogP contribution in [0.2, 0.25) is 0 Å². The van der Waals surface area contributed by atoms with Crippen molar-refractivity contribution < 1.29 is 24.2 Å². The highest BCUT2D eigenvalue weighted by molar-refractivity contribution is 6.53. The fourth-order valence-corrected chi connectivity index (χ4v) is 2.62. The van der Waals surface area contributed by atoms with Crippen molar-refractivity contribution >= 4 is 40.8 Å². The van der Waals surface area contributed by atoms with E-state index >= 15 is 0 Å². The molecule has 0 atom stereocenters. The Balaban J connectivity index is 1.85. The number of carboxylic acids is 1. The van der Waals surface area contributed by atoms with Crippen LogP contribution in [0, 0.1) is 0 Å². The Morgan fingerprint density at radius 2 is 1.65 bits per heavy atom. The standard InChI is InChI=1S/C18H13ClN2O5/c1-26-13-8-6-12(7-9-13)21-16(22)14(19)15(17(21)23)20-11-4-2-10(3-5-11)18(24)25/h2-9,20H,1H3,(H,24,25)/p-1. The third kappa shape index (κ3) is 3.12. The van der Waals surface area contributed by atoms with Crippen LogP contribution in [0.1, 0.15) is 10.4 Å². The molecule has 0 spiro atoms. The maximum Gasteiger partial charge on any atom is 0.283 e. The van der Waals surface area contributed by atoms with E-state index in [1.807, 2.05) is 0 Å². The number of rotatable bonds is 5. The first-order valence-corrected chi connectivity index (χ1v) is 7.81. The van der Waals surface area contributed by atoms with Crippen molar-refractivity contribution in [2.75, 3.05) is 17.3 Å². The lowest BCUT2D eigenvalue weighted by Crippen LogP contribution is -2.32. The number of carbonyl (C=O) groups is 3. The highest BCUT2D eigenvalue weighted by Crippen LogP contribution is 2.31. The summed E-state index contributed by atoms with van der Waals surface area (Å²) in [5.41, 5.74) is 0.655. The number of halogens is 1. The van der Waals surface area contributed by atoms with Crippen LogP contribution in [0.3, 0.4) is 0 Å². The fourth-order valence-electron chi connectivity index (χ4n) is 2.41. The molecule has 0 saturated carbocycles. The number of carbonyl (C=O) groups excluding carboxylic acids is 3. The Morgan fingerprint density at radius 3 is 2.19 bits per heavy atom. The van der Waals surface area contributed by atoms with Crippen LogP contribution in [-0.4, -0.2) is 24.9 Å². The number of benzene rings is 2. The summed E-state index contributed by atoms with van der Waals surface area (Å²) >= 11 is 6.03. The molecule has 8 heteroatoms. The maximum atomic E-state index is 12.6. The van der Waals surface area contributed by atoms with Crippen molar-refractivity contribution in [2.45, 2.75) is 0 Å². The molecule has 2 aromatic carbocycles. The van der Waals surface area contributed by atoms with E-state index in [0.29, 0.717) is 17.1 Å². The predicted molar refractivity (Wildman–Crippen MR) is 92.8 cm³/mol. The molecule has 0 radical (unpaired) electrons. The van der Waals surface area contributed by atoms with Crippen LogP contribution in [0.25, 0.3) is 0 Å². The minimum absolute atomic E-state index is 0.00990. The zero-order chi connectivity index (χ0) is 18.8. The van der Waals surface area contributed by atoms with E-state index < -0.39 is 17.8 Å². The quantitative estimate of drug-likeness (QED) is 0.799. The van der Waals surface area contributed by atoms with Crippen molar-refractivity contribution in [3.63, 3.8) is 0 Å². The molecule has 26 heavy (non-hydrogen) atoms. The van der Waals surface area contributed by atoms with Gasteiger partial charge in [0.2, 0.25) is 0 Å². The molecule has 1 aliphatic rings. The van der Waals surface area contributed by atoms with Gasteiger partial charge in [0.25, 0.3) is 11.8 Å². The number of imide groups is 1. The molecule has 1 heterocycles. The summed E-state index contributed by atoms with van der Waals surface area (Å²) in [6, 6.07) is 11.9.